The van der Waals surface area contributed by atoms with Crippen LogP contribution in [0.25, 0.3) is 0 Å². The molecule has 0 fully saturated rings. The molecule has 0 aliphatic heterocycles. The van der Waals surface area contributed by atoms with E-state index in [4.69, 9.17) is 15.9 Å². The number of terminal acetylenes is 1. The molecule has 2 aromatic rings. The molecule has 1 N–H and O–H groups in total. The lowest BCUT2D eigenvalue weighted by atomic mass is 10.2. The van der Waals surface area contributed by atoms with Crippen LogP contribution < -0.4 is 14.9 Å². The van der Waals surface area contributed by atoms with E-state index in [-0.39, 0.29) is 12.4 Å². The smallest absolute Gasteiger partial charge is 0.417 e. The molecule has 0 unspecified atom stereocenters. The zero-order valence-electron chi connectivity index (χ0n) is 13.5. The molecule has 2 rings (SSSR count). The molecule has 136 valence electrons. The Labute approximate surface area is 156 Å². The average molecular weight is 428 g/mol. The number of hydrazone groups is 1. The van der Waals surface area contributed by atoms with E-state index in [1.54, 1.807) is 12.1 Å². The number of methoxy groups -OCH3 is 1. The maximum Gasteiger partial charge on any atom is 0.417 e. The molecule has 0 aliphatic carbocycles. The third kappa shape index (κ3) is 5.13. The predicted molar refractivity (Wildman–Crippen MR) is 95.5 cm³/mol. The highest BCUT2D eigenvalue weighted by atomic mass is 79.9. The summed E-state index contributed by atoms with van der Waals surface area (Å²) in [5.41, 5.74) is 2.37. The molecular weight excluding hydrogens is 415 g/mol. The number of ether oxygens (including phenoxy) is 2. The first kappa shape index (κ1) is 19.6. The standard InChI is InChI=1S/C17H13BrF3N3O2/c1-3-6-26-15-8-13(18)11(7-14(15)25-2)9-23-24-16-5-4-12(10-22-16)17(19,20)21/h1,4-5,7-10H,6H2,2H3,(H,22,24)/b23-9-. The molecule has 5 nitrogen and oxygen atoms in total. The van der Waals surface area contributed by atoms with Crippen molar-refractivity contribution in [1.82, 2.24) is 4.98 Å². The molecule has 9 heteroatoms. The second kappa shape index (κ2) is 8.58. The van der Waals surface area contributed by atoms with Gasteiger partial charge < -0.3 is 9.47 Å². The minimum absolute atomic E-state index is 0.0946. The number of alkyl halides is 3. The summed E-state index contributed by atoms with van der Waals surface area (Å²) in [6.07, 6.45) is 2.92. The third-order valence-electron chi connectivity index (χ3n) is 3.07. The van der Waals surface area contributed by atoms with E-state index < -0.39 is 11.7 Å². The summed E-state index contributed by atoms with van der Waals surface area (Å²) in [6.45, 7) is 0.0946. The van der Waals surface area contributed by atoms with E-state index in [1.165, 1.54) is 19.4 Å². The van der Waals surface area contributed by atoms with Gasteiger partial charge >= 0.3 is 6.18 Å². The molecule has 0 radical (unpaired) electrons. The largest absolute Gasteiger partial charge is 0.493 e. The molecule has 0 saturated heterocycles. The fourth-order valence-corrected chi connectivity index (χ4v) is 2.26. The van der Waals surface area contributed by atoms with E-state index in [1.807, 2.05) is 0 Å². The van der Waals surface area contributed by atoms with Gasteiger partial charge in [-0.2, -0.15) is 18.3 Å². The van der Waals surface area contributed by atoms with Crippen molar-refractivity contribution in [3.05, 3.63) is 46.1 Å². The minimum atomic E-state index is -4.43. The van der Waals surface area contributed by atoms with Crippen LogP contribution in [0.15, 0.2) is 40.0 Å². The highest BCUT2D eigenvalue weighted by molar-refractivity contribution is 9.10. The highest BCUT2D eigenvalue weighted by Crippen LogP contribution is 2.33. The number of benzene rings is 1. The number of anilines is 1. The van der Waals surface area contributed by atoms with Crippen LogP contribution in [-0.4, -0.2) is 24.9 Å². The summed E-state index contributed by atoms with van der Waals surface area (Å²) < 4.78 is 48.7. The lowest BCUT2D eigenvalue weighted by Crippen LogP contribution is -2.05. The molecule has 0 spiro atoms. The van der Waals surface area contributed by atoms with E-state index in [0.29, 0.717) is 21.5 Å². The topological polar surface area (TPSA) is 55.7 Å². The van der Waals surface area contributed by atoms with Crippen molar-refractivity contribution >= 4 is 28.0 Å². The van der Waals surface area contributed by atoms with Crippen LogP contribution in [0.1, 0.15) is 11.1 Å². The second-order valence-electron chi connectivity index (χ2n) is 4.82. The van der Waals surface area contributed by atoms with E-state index in [2.05, 4.69) is 37.4 Å². The maximum absolute atomic E-state index is 12.5. The van der Waals surface area contributed by atoms with Crippen molar-refractivity contribution in [2.75, 3.05) is 19.1 Å². The van der Waals surface area contributed by atoms with Crippen LogP contribution in [0.2, 0.25) is 0 Å². The van der Waals surface area contributed by atoms with Gasteiger partial charge in [-0.3, -0.25) is 5.43 Å². The van der Waals surface area contributed by atoms with Crippen LogP contribution in [-0.2, 0) is 6.18 Å². The van der Waals surface area contributed by atoms with E-state index >= 15 is 0 Å². The fourth-order valence-electron chi connectivity index (χ4n) is 1.84. The van der Waals surface area contributed by atoms with E-state index in [9.17, 15) is 13.2 Å². The molecule has 1 aromatic heterocycles. The van der Waals surface area contributed by atoms with Gasteiger partial charge in [0.25, 0.3) is 0 Å². The van der Waals surface area contributed by atoms with Gasteiger partial charge in [0, 0.05) is 16.2 Å². The Balaban J connectivity index is 2.11. The molecular formula is C17H13BrF3N3O2. The van der Waals surface area contributed by atoms with Crippen molar-refractivity contribution in [3.8, 4) is 23.8 Å². The van der Waals surface area contributed by atoms with Crippen molar-refractivity contribution in [2.45, 2.75) is 6.18 Å². The first-order valence-corrected chi connectivity index (χ1v) is 7.90. The number of hydrogen-bond acceptors (Lipinski definition) is 5. The number of hydrogen-bond donors (Lipinski definition) is 1. The monoisotopic (exact) mass is 427 g/mol. The highest BCUT2D eigenvalue weighted by Gasteiger charge is 2.30. The van der Waals surface area contributed by atoms with Crippen molar-refractivity contribution in [1.29, 1.82) is 0 Å². The zero-order valence-corrected chi connectivity index (χ0v) is 15.1. The lowest BCUT2D eigenvalue weighted by Gasteiger charge is -2.11. The van der Waals surface area contributed by atoms with Crippen LogP contribution >= 0.6 is 15.9 Å². The van der Waals surface area contributed by atoms with Gasteiger partial charge in [0.15, 0.2) is 11.5 Å². The van der Waals surface area contributed by atoms with Gasteiger partial charge in [0.05, 0.1) is 18.9 Å². The number of nitrogens with one attached hydrogen (secondary N) is 1. The van der Waals surface area contributed by atoms with Crippen LogP contribution in [0, 0.1) is 12.3 Å². The van der Waals surface area contributed by atoms with Crippen LogP contribution in [0.5, 0.6) is 11.5 Å². The molecule has 0 amide bonds. The predicted octanol–water partition coefficient (Wildman–Crippen LogP) is 4.33. The first-order valence-electron chi connectivity index (χ1n) is 7.11. The molecule has 1 aromatic carbocycles. The number of nitrogens with zero attached hydrogens (tertiary/aromatic N) is 2. The fraction of sp³-hybridized carbons (Fsp3) is 0.176. The number of aromatic nitrogens is 1. The summed E-state index contributed by atoms with van der Waals surface area (Å²) in [5, 5.41) is 3.95. The molecule has 0 saturated carbocycles. The van der Waals surface area contributed by atoms with Crippen molar-refractivity contribution in [3.63, 3.8) is 0 Å². The van der Waals surface area contributed by atoms with Crippen molar-refractivity contribution in [2.24, 2.45) is 5.10 Å². The van der Waals surface area contributed by atoms with Gasteiger partial charge in [0.2, 0.25) is 0 Å². The summed E-state index contributed by atoms with van der Waals surface area (Å²) >= 11 is 3.37. The SMILES string of the molecule is C#CCOc1cc(Br)c(/C=N\Nc2ccc(C(F)(F)F)cn2)cc1OC. The van der Waals surface area contributed by atoms with Crippen LogP contribution in [0.3, 0.4) is 0 Å². The summed E-state index contributed by atoms with van der Waals surface area (Å²) in [7, 11) is 1.48. The Hall–Kier alpha value is -2.73. The summed E-state index contributed by atoms with van der Waals surface area (Å²) in [4.78, 5) is 3.66. The summed E-state index contributed by atoms with van der Waals surface area (Å²) in [6, 6.07) is 5.45. The Kier molecular flexibility index (Phi) is 6.46. The average Bonchev–Trinajstić information content (AvgIpc) is 2.61. The molecule has 0 aliphatic rings. The van der Waals surface area contributed by atoms with E-state index in [0.717, 1.165) is 12.3 Å². The van der Waals surface area contributed by atoms with Gasteiger partial charge in [-0.05, 0) is 40.2 Å². The maximum atomic E-state index is 12.5. The molecule has 1 heterocycles. The van der Waals surface area contributed by atoms with Crippen LogP contribution in [0.4, 0.5) is 19.0 Å². The van der Waals surface area contributed by atoms with Gasteiger partial charge in [-0.25, -0.2) is 4.98 Å². The van der Waals surface area contributed by atoms with Gasteiger partial charge in [0.1, 0.15) is 12.4 Å². The molecule has 0 atom stereocenters. The first-order chi connectivity index (χ1) is 12.3. The Morgan fingerprint density at radius 1 is 1.35 bits per heavy atom. The Morgan fingerprint density at radius 3 is 2.69 bits per heavy atom. The summed E-state index contributed by atoms with van der Waals surface area (Å²) in [5.74, 6) is 3.45. The second-order valence-corrected chi connectivity index (χ2v) is 5.67. The number of rotatable bonds is 6. The minimum Gasteiger partial charge on any atom is -0.493 e. The van der Waals surface area contributed by atoms with Gasteiger partial charge in [-0.1, -0.05) is 5.92 Å². The lowest BCUT2D eigenvalue weighted by molar-refractivity contribution is -0.137. The number of pyridine rings is 1. The zero-order chi connectivity index (χ0) is 19.2. The Bertz CT molecular complexity index is 831. The normalized spacial score (nSPS) is 11.2. The molecule has 0 bridgehead atoms. The Morgan fingerprint density at radius 2 is 2.12 bits per heavy atom. The quantitative estimate of drug-likeness (QED) is 0.423. The third-order valence-corrected chi connectivity index (χ3v) is 3.75. The van der Waals surface area contributed by atoms with Gasteiger partial charge in [-0.15, -0.1) is 6.42 Å². The number of halogens is 4. The van der Waals surface area contributed by atoms with Crippen molar-refractivity contribution < 1.29 is 22.6 Å². The molecule has 26 heavy (non-hydrogen) atoms.